The quantitative estimate of drug-likeness (QED) is 0.754. The van der Waals surface area contributed by atoms with Crippen LogP contribution in [0.5, 0.6) is 0 Å². The van der Waals surface area contributed by atoms with Crippen LogP contribution in [0.15, 0.2) is 29.8 Å². The fourth-order valence-electron chi connectivity index (χ4n) is 2.22. The predicted octanol–water partition coefficient (Wildman–Crippen LogP) is 2.61. The lowest BCUT2D eigenvalue weighted by Crippen LogP contribution is -2.17. The summed E-state index contributed by atoms with van der Waals surface area (Å²) in [6.07, 6.45) is 2.41. The molecule has 2 rings (SSSR count). The Labute approximate surface area is 112 Å². The van der Waals surface area contributed by atoms with Gasteiger partial charge in [-0.1, -0.05) is 12.1 Å². The second kappa shape index (κ2) is 5.71. The monoisotopic (exact) mass is 248 g/mol. The molecule has 1 aromatic rings. The van der Waals surface area contributed by atoms with Crippen molar-refractivity contribution in [2.24, 2.45) is 0 Å². The minimum absolute atomic E-state index is 0.137. The summed E-state index contributed by atoms with van der Waals surface area (Å²) in [6, 6.07) is 12.9. The molecule has 0 amide bonds. The first-order chi connectivity index (χ1) is 9.30. The number of rotatable bonds is 2. The van der Waals surface area contributed by atoms with Crippen LogP contribution in [0.4, 0.5) is 5.69 Å². The molecule has 1 aromatic carbocycles. The molecule has 1 fully saturated rings. The predicted molar refractivity (Wildman–Crippen MR) is 71.6 cm³/mol. The second-order valence-corrected chi connectivity index (χ2v) is 4.33. The first-order valence-corrected chi connectivity index (χ1v) is 6.10. The lowest BCUT2D eigenvalue weighted by atomic mass is 10.0. The van der Waals surface area contributed by atoms with Crippen LogP contribution in [0.1, 0.15) is 18.4 Å². The van der Waals surface area contributed by atoms with Crippen LogP contribution < -0.4 is 4.90 Å². The maximum Gasteiger partial charge on any atom is 0.148 e. The molecule has 1 aliphatic rings. The molecule has 0 bridgehead atoms. The summed E-state index contributed by atoms with van der Waals surface area (Å²) in [6.45, 7) is 2.11. The molecule has 0 radical (unpaired) electrons. The number of anilines is 1. The van der Waals surface area contributed by atoms with E-state index in [4.69, 9.17) is 15.8 Å². The number of hydrogen-bond acceptors (Lipinski definition) is 4. The number of allylic oxidation sites excluding steroid dienone is 2. The van der Waals surface area contributed by atoms with Crippen molar-refractivity contribution in [1.82, 2.24) is 0 Å². The van der Waals surface area contributed by atoms with Gasteiger partial charge in [-0.3, -0.25) is 0 Å². The smallest absolute Gasteiger partial charge is 0.148 e. The maximum atomic E-state index is 9.07. The molecule has 0 aromatic heterocycles. The SMILES string of the molecule is N#CC(C#N)=C(C#N)c1ccc(N2CCCC2)cc1. The Bertz CT molecular complexity index is 598. The highest BCUT2D eigenvalue weighted by Crippen LogP contribution is 2.24. The van der Waals surface area contributed by atoms with Gasteiger partial charge in [0.15, 0.2) is 0 Å². The zero-order valence-corrected chi connectivity index (χ0v) is 10.4. The lowest BCUT2D eigenvalue weighted by molar-refractivity contribution is 0.949. The number of nitriles is 3. The van der Waals surface area contributed by atoms with E-state index in [-0.39, 0.29) is 11.1 Å². The van der Waals surface area contributed by atoms with Crippen molar-refractivity contribution in [2.45, 2.75) is 12.8 Å². The van der Waals surface area contributed by atoms with E-state index in [1.807, 2.05) is 18.2 Å². The number of benzene rings is 1. The van der Waals surface area contributed by atoms with Crippen LogP contribution in [-0.2, 0) is 0 Å². The summed E-state index contributed by atoms with van der Waals surface area (Å²) in [5.74, 6) is 0. The summed E-state index contributed by atoms with van der Waals surface area (Å²) in [5.41, 5.74) is 1.73. The van der Waals surface area contributed by atoms with Gasteiger partial charge < -0.3 is 4.90 Å². The molecule has 19 heavy (non-hydrogen) atoms. The Hall–Kier alpha value is -2.77. The highest BCUT2D eigenvalue weighted by Gasteiger charge is 2.13. The Morgan fingerprint density at radius 3 is 1.95 bits per heavy atom. The van der Waals surface area contributed by atoms with Crippen molar-refractivity contribution >= 4 is 11.3 Å². The van der Waals surface area contributed by atoms with Gasteiger partial charge in [0.1, 0.15) is 23.8 Å². The van der Waals surface area contributed by atoms with Crippen molar-refractivity contribution < 1.29 is 0 Å². The topological polar surface area (TPSA) is 74.6 Å². The van der Waals surface area contributed by atoms with Gasteiger partial charge in [0.2, 0.25) is 0 Å². The van der Waals surface area contributed by atoms with Crippen LogP contribution in [0.2, 0.25) is 0 Å². The Kier molecular flexibility index (Phi) is 3.81. The van der Waals surface area contributed by atoms with E-state index in [1.165, 1.54) is 12.8 Å². The molecular weight excluding hydrogens is 236 g/mol. The average molecular weight is 248 g/mol. The molecule has 1 heterocycles. The Morgan fingerprint density at radius 2 is 1.47 bits per heavy atom. The number of hydrogen-bond donors (Lipinski definition) is 0. The van der Waals surface area contributed by atoms with Crippen LogP contribution in [0.3, 0.4) is 0 Å². The normalized spacial score (nSPS) is 13.2. The van der Waals surface area contributed by atoms with Gasteiger partial charge in [0.05, 0.1) is 5.57 Å². The standard InChI is InChI=1S/C15H12N4/c16-9-13(10-17)15(11-18)12-3-5-14(6-4-12)19-7-1-2-8-19/h3-6H,1-2,7-8H2. The molecule has 0 aliphatic carbocycles. The van der Waals surface area contributed by atoms with E-state index in [1.54, 1.807) is 24.3 Å². The van der Waals surface area contributed by atoms with Crippen molar-refractivity contribution in [3.8, 4) is 18.2 Å². The molecule has 0 spiro atoms. The van der Waals surface area contributed by atoms with Gasteiger partial charge in [-0.25, -0.2) is 0 Å². The van der Waals surface area contributed by atoms with Crippen LogP contribution >= 0.6 is 0 Å². The molecule has 0 N–H and O–H groups in total. The molecule has 92 valence electrons. The molecule has 1 aliphatic heterocycles. The van der Waals surface area contributed by atoms with E-state index in [0.717, 1.165) is 18.8 Å². The van der Waals surface area contributed by atoms with Gasteiger partial charge in [0, 0.05) is 18.8 Å². The molecular formula is C15H12N4. The highest BCUT2D eigenvalue weighted by molar-refractivity contribution is 5.84. The molecule has 0 unspecified atom stereocenters. The van der Waals surface area contributed by atoms with Gasteiger partial charge in [-0.15, -0.1) is 0 Å². The maximum absolute atomic E-state index is 9.07. The Balaban J connectivity index is 2.33. The summed E-state index contributed by atoms with van der Waals surface area (Å²) in [5, 5.41) is 26.7. The zero-order chi connectivity index (χ0) is 13.7. The van der Waals surface area contributed by atoms with Crippen molar-refractivity contribution in [3.63, 3.8) is 0 Å². The molecule has 4 heteroatoms. The fourth-order valence-corrected chi connectivity index (χ4v) is 2.22. The Morgan fingerprint density at radius 1 is 0.895 bits per heavy atom. The van der Waals surface area contributed by atoms with Gasteiger partial charge in [0.25, 0.3) is 0 Å². The van der Waals surface area contributed by atoms with Crippen LogP contribution in [0, 0.1) is 34.0 Å². The molecule has 4 nitrogen and oxygen atoms in total. The van der Waals surface area contributed by atoms with Crippen LogP contribution in [-0.4, -0.2) is 13.1 Å². The summed E-state index contributed by atoms with van der Waals surface area (Å²) in [4.78, 5) is 2.29. The van der Waals surface area contributed by atoms with Crippen molar-refractivity contribution in [2.75, 3.05) is 18.0 Å². The summed E-state index contributed by atoms with van der Waals surface area (Å²) < 4.78 is 0. The fraction of sp³-hybridized carbons (Fsp3) is 0.267. The first kappa shape index (κ1) is 12.7. The van der Waals surface area contributed by atoms with Gasteiger partial charge in [-0.05, 0) is 30.5 Å². The van der Waals surface area contributed by atoms with E-state index in [9.17, 15) is 0 Å². The van der Waals surface area contributed by atoms with Gasteiger partial charge in [-0.2, -0.15) is 15.8 Å². The van der Waals surface area contributed by atoms with E-state index in [0.29, 0.717) is 5.56 Å². The third-order valence-electron chi connectivity index (χ3n) is 3.21. The lowest BCUT2D eigenvalue weighted by Gasteiger charge is -2.17. The largest absolute Gasteiger partial charge is 0.372 e. The van der Waals surface area contributed by atoms with Crippen molar-refractivity contribution in [3.05, 3.63) is 35.4 Å². The summed E-state index contributed by atoms with van der Waals surface area (Å²) in [7, 11) is 0. The molecule has 0 atom stereocenters. The third-order valence-corrected chi connectivity index (χ3v) is 3.21. The average Bonchev–Trinajstić information content (AvgIpc) is 2.99. The second-order valence-electron chi connectivity index (χ2n) is 4.33. The van der Waals surface area contributed by atoms with Crippen molar-refractivity contribution in [1.29, 1.82) is 15.8 Å². The van der Waals surface area contributed by atoms with Crippen LogP contribution in [0.25, 0.3) is 5.57 Å². The number of nitrogens with zero attached hydrogens (tertiary/aromatic N) is 4. The summed E-state index contributed by atoms with van der Waals surface area (Å²) >= 11 is 0. The van der Waals surface area contributed by atoms with E-state index in [2.05, 4.69) is 4.90 Å². The van der Waals surface area contributed by atoms with E-state index >= 15 is 0 Å². The highest BCUT2D eigenvalue weighted by atomic mass is 15.1. The van der Waals surface area contributed by atoms with E-state index < -0.39 is 0 Å². The minimum Gasteiger partial charge on any atom is -0.372 e. The third kappa shape index (κ3) is 2.57. The minimum atomic E-state index is -0.142. The zero-order valence-electron chi connectivity index (χ0n) is 10.4. The molecule has 0 saturated carbocycles. The van der Waals surface area contributed by atoms with Gasteiger partial charge >= 0.3 is 0 Å². The molecule has 1 saturated heterocycles. The first-order valence-electron chi connectivity index (χ1n) is 6.10.